The molecular weight excluding hydrogens is 166 g/mol. The number of hydrogen-bond acceptors (Lipinski definition) is 2. The molecule has 0 unspecified atom stereocenters. The molecule has 0 aliphatic rings. The minimum absolute atomic E-state index is 0.625. The summed E-state index contributed by atoms with van der Waals surface area (Å²) in [7, 11) is 3.26. The summed E-state index contributed by atoms with van der Waals surface area (Å²) in [6.07, 6.45) is 0.625. The molecule has 3 heteroatoms. The Morgan fingerprint density at radius 2 is 1.92 bits per heavy atom. The van der Waals surface area contributed by atoms with Crippen molar-refractivity contribution in [2.24, 2.45) is 0 Å². The van der Waals surface area contributed by atoms with Gasteiger partial charge in [0.15, 0.2) is 0 Å². The Labute approximate surface area is 78.7 Å². The lowest BCUT2D eigenvalue weighted by atomic mass is 10.2. The molecule has 3 nitrogen and oxygen atoms in total. The van der Waals surface area contributed by atoms with Gasteiger partial charge in [0.2, 0.25) is 6.41 Å². The standard InChI is InChI=1S/C8H10O.C2H5NO/c1-9-7-8-5-3-2-4-6-8;1-3-2-4/h2-6H,7H2,1H3;2H,1H3,(H,3,4). The van der Waals surface area contributed by atoms with Crippen LogP contribution in [0.15, 0.2) is 30.3 Å². The first-order valence-electron chi connectivity index (χ1n) is 3.99. The van der Waals surface area contributed by atoms with E-state index in [1.807, 2.05) is 30.3 Å². The third-order valence-electron chi connectivity index (χ3n) is 1.27. The fourth-order valence-corrected chi connectivity index (χ4v) is 0.741. The summed E-state index contributed by atoms with van der Waals surface area (Å²) in [5.41, 5.74) is 1.22. The van der Waals surface area contributed by atoms with Crippen LogP contribution in [0, 0.1) is 0 Å². The predicted molar refractivity (Wildman–Crippen MR) is 52.3 cm³/mol. The molecule has 1 aromatic carbocycles. The summed E-state index contributed by atoms with van der Waals surface area (Å²) in [6.45, 7) is 0.709. The minimum atomic E-state index is 0.625. The first kappa shape index (κ1) is 11.6. The lowest BCUT2D eigenvalue weighted by molar-refractivity contribution is -0.109. The van der Waals surface area contributed by atoms with Crippen LogP contribution in [0.4, 0.5) is 0 Å². The highest BCUT2D eigenvalue weighted by Crippen LogP contribution is 1.98. The number of carbonyl (C=O) groups is 1. The normalized spacial score (nSPS) is 8.15. The van der Waals surface area contributed by atoms with Gasteiger partial charge in [-0.1, -0.05) is 30.3 Å². The zero-order chi connectivity index (χ0) is 9.94. The second-order valence-corrected chi connectivity index (χ2v) is 2.33. The zero-order valence-corrected chi connectivity index (χ0v) is 7.99. The van der Waals surface area contributed by atoms with Crippen molar-refractivity contribution in [1.82, 2.24) is 5.32 Å². The maximum absolute atomic E-state index is 9.06. The maximum Gasteiger partial charge on any atom is 0.206 e. The van der Waals surface area contributed by atoms with Crippen molar-refractivity contribution in [1.29, 1.82) is 0 Å². The lowest BCUT2D eigenvalue weighted by Crippen LogP contribution is -1.98. The first-order valence-corrected chi connectivity index (χ1v) is 3.99. The fraction of sp³-hybridized carbons (Fsp3) is 0.300. The SMILES string of the molecule is CNC=O.COCc1ccccc1. The topological polar surface area (TPSA) is 38.3 Å². The molecule has 0 atom stereocenters. The van der Waals surface area contributed by atoms with E-state index in [-0.39, 0.29) is 0 Å². The van der Waals surface area contributed by atoms with Crippen molar-refractivity contribution in [3.63, 3.8) is 0 Å². The average Bonchev–Trinajstić information content (AvgIpc) is 2.20. The summed E-state index contributed by atoms with van der Waals surface area (Å²) < 4.78 is 4.93. The Balaban J connectivity index is 0.000000310. The lowest BCUT2D eigenvalue weighted by Gasteiger charge is -1.95. The van der Waals surface area contributed by atoms with Crippen LogP contribution in [0.5, 0.6) is 0 Å². The number of amides is 1. The number of ether oxygens (including phenoxy) is 1. The fourth-order valence-electron chi connectivity index (χ4n) is 0.741. The van der Waals surface area contributed by atoms with Crippen LogP contribution in [0.2, 0.25) is 0 Å². The Kier molecular flexibility index (Phi) is 7.84. The zero-order valence-electron chi connectivity index (χ0n) is 7.99. The summed E-state index contributed by atoms with van der Waals surface area (Å²) in [6, 6.07) is 10.1. The van der Waals surface area contributed by atoms with Gasteiger partial charge in [-0.3, -0.25) is 4.79 Å². The molecule has 1 aromatic rings. The summed E-state index contributed by atoms with van der Waals surface area (Å²) in [4.78, 5) is 9.06. The second-order valence-electron chi connectivity index (χ2n) is 2.33. The molecule has 0 aliphatic heterocycles. The molecule has 0 aliphatic carbocycles. The van der Waals surface area contributed by atoms with Crippen molar-refractivity contribution in [3.8, 4) is 0 Å². The molecule has 0 radical (unpaired) electrons. The van der Waals surface area contributed by atoms with Crippen LogP contribution in [-0.4, -0.2) is 20.6 Å². The van der Waals surface area contributed by atoms with E-state index in [1.165, 1.54) is 5.56 Å². The van der Waals surface area contributed by atoms with Crippen molar-refractivity contribution in [3.05, 3.63) is 35.9 Å². The van der Waals surface area contributed by atoms with Crippen molar-refractivity contribution >= 4 is 6.41 Å². The first-order chi connectivity index (χ1) is 6.35. The number of hydrogen-bond donors (Lipinski definition) is 1. The molecule has 0 fully saturated rings. The summed E-state index contributed by atoms with van der Waals surface area (Å²) >= 11 is 0. The molecule has 0 spiro atoms. The number of benzene rings is 1. The van der Waals surface area contributed by atoms with Gasteiger partial charge in [0.05, 0.1) is 6.61 Å². The van der Waals surface area contributed by atoms with Gasteiger partial charge in [-0.05, 0) is 5.56 Å². The van der Waals surface area contributed by atoms with Gasteiger partial charge in [-0.25, -0.2) is 0 Å². The molecule has 72 valence electrons. The molecule has 0 heterocycles. The highest BCUT2D eigenvalue weighted by atomic mass is 16.5. The molecule has 13 heavy (non-hydrogen) atoms. The van der Waals surface area contributed by atoms with Gasteiger partial charge >= 0.3 is 0 Å². The van der Waals surface area contributed by atoms with Crippen LogP contribution in [0.25, 0.3) is 0 Å². The Bertz CT molecular complexity index is 211. The largest absolute Gasteiger partial charge is 0.380 e. The second kappa shape index (κ2) is 8.74. The summed E-state index contributed by atoms with van der Waals surface area (Å²) in [5.74, 6) is 0. The van der Waals surface area contributed by atoms with Crippen LogP contribution in [-0.2, 0) is 16.1 Å². The van der Waals surface area contributed by atoms with Gasteiger partial charge in [-0.15, -0.1) is 0 Å². The van der Waals surface area contributed by atoms with Gasteiger partial charge in [0.25, 0.3) is 0 Å². The van der Waals surface area contributed by atoms with Gasteiger partial charge in [0, 0.05) is 14.2 Å². The molecule has 1 N–H and O–H groups in total. The third kappa shape index (κ3) is 7.03. The molecule has 0 bridgehead atoms. The molecule has 0 saturated carbocycles. The number of carbonyl (C=O) groups excluding carboxylic acids is 1. The number of nitrogens with one attached hydrogen (secondary N) is 1. The molecule has 1 amide bonds. The van der Waals surface area contributed by atoms with E-state index in [0.717, 1.165) is 0 Å². The van der Waals surface area contributed by atoms with E-state index < -0.39 is 0 Å². The van der Waals surface area contributed by atoms with E-state index in [9.17, 15) is 0 Å². The summed E-state index contributed by atoms with van der Waals surface area (Å²) in [5, 5.41) is 2.25. The van der Waals surface area contributed by atoms with Gasteiger partial charge < -0.3 is 10.1 Å². The van der Waals surface area contributed by atoms with Crippen LogP contribution in [0.3, 0.4) is 0 Å². The van der Waals surface area contributed by atoms with E-state index in [2.05, 4.69) is 5.32 Å². The van der Waals surface area contributed by atoms with Crippen LogP contribution in [0.1, 0.15) is 5.56 Å². The van der Waals surface area contributed by atoms with E-state index >= 15 is 0 Å². The average molecular weight is 181 g/mol. The van der Waals surface area contributed by atoms with E-state index in [4.69, 9.17) is 9.53 Å². The van der Waals surface area contributed by atoms with Gasteiger partial charge in [-0.2, -0.15) is 0 Å². The van der Waals surface area contributed by atoms with E-state index in [0.29, 0.717) is 13.0 Å². The predicted octanol–water partition coefficient (Wildman–Crippen LogP) is 1.20. The minimum Gasteiger partial charge on any atom is -0.380 e. The monoisotopic (exact) mass is 181 g/mol. The number of rotatable bonds is 3. The van der Waals surface area contributed by atoms with Gasteiger partial charge in [0.1, 0.15) is 0 Å². The van der Waals surface area contributed by atoms with Crippen LogP contribution < -0.4 is 5.32 Å². The Hall–Kier alpha value is -1.35. The number of methoxy groups -OCH3 is 1. The molecule has 1 rings (SSSR count). The molecule has 0 saturated heterocycles. The quantitative estimate of drug-likeness (QED) is 0.711. The van der Waals surface area contributed by atoms with Crippen molar-refractivity contribution in [2.75, 3.05) is 14.2 Å². The highest BCUT2D eigenvalue weighted by molar-refractivity contribution is 5.44. The van der Waals surface area contributed by atoms with Crippen molar-refractivity contribution in [2.45, 2.75) is 6.61 Å². The Morgan fingerprint density at radius 3 is 2.31 bits per heavy atom. The Morgan fingerprint density at radius 1 is 1.38 bits per heavy atom. The maximum atomic E-state index is 9.06. The van der Waals surface area contributed by atoms with Crippen LogP contribution >= 0.6 is 0 Å². The van der Waals surface area contributed by atoms with Crippen molar-refractivity contribution < 1.29 is 9.53 Å². The molecular formula is C10H15NO2. The third-order valence-corrected chi connectivity index (χ3v) is 1.27. The smallest absolute Gasteiger partial charge is 0.206 e. The highest BCUT2D eigenvalue weighted by Gasteiger charge is 1.84. The molecule has 0 aromatic heterocycles. The van der Waals surface area contributed by atoms with E-state index in [1.54, 1.807) is 14.2 Å².